The maximum Gasteiger partial charge on any atom is 0.162 e. The second-order valence-electron chi connectivity index (χ2n) is 5.20. The van der Waals surface area contributed by atoms with E-state index in [2.05, 4.69) is 5.10 Å². The minimum absolute atomic E-state index is 0.0814. The lowest BCUT2D eigenvalue weighted by atomic mass is 10.0. The average Bonchev–Trinajstić information content (AvgIpc) is 2.67. The summed E-state index contributed by atoms with van der Waals surface area (Å²) in [6.45, 7) is 3.85. The van der Waals surface area contributed by atoms with Gasteiger partial charge >= 0.3 is 0 Å². The number of carbonyl (C=O) groups excluding carboxylic acids is 1. The van der Waals surface area contributed by atoms with Crippen LogP contribution in [0.15, 0.2) is 18.2 Å². The average molecular weight is 292 g/mol. The SMILES string of the molecule is Cc1nn(C)c(C)c1CCC(=O)Cc1cccc(F)c1F. The van der Waals surface area contributed by atoms with Gasteiger partial charge in [0, 0.05) is 25.6 Å². The molecule has 0 N–H and O–H groups in total. The van der Waals surface area contributed by atoms with Crippen LogP contribution in [-0.2, 0) is 24.7 Å². The zero-order valence-electron chi connectivity index (χ0n) is 12.4. The Morgan fingerprint density at radius 1 is 1.29 bits per heavy atom. The zero-order valence-corrected chi connectivity index (χ0v) is 12.4. The Labute approximate surface area is 122 Å². The molecule has 0 amide bonds. The molecule has 5 heteroatoms. The number of hydrogen-bond acceptors (Lipinski definition) is 2. The monoisotopic (exact) mass is 292 g/mol. The first-order chi connectivity index (χ1) is 9.90. The second-order valence-corrected chi connectivity index (χ2v) is 5.20. The van der Waals surface area contributed by atoms with Crippen LogP contribution in [0.25, 0.3) is 0 Å². The highest BCUT2D eigenvalue weighted by molar-refractivity contribution is 5.81. The maximum absolute atomic E-state index is 13.5. The number of carbonyl (C=O) groups is 1. The van der Waals surface area contributed by atoms with Crippen LogP contribution in [-0.4, -0.2) is 15.6 Å². The van der Waals surface area contributed by atoms with Gasteiger partial charge in [-0.25, -0.2) is 8.78 Å². The van der Waals surface area contributed by atoms with E-state index in [-0.39, 0.29) is 17.8 Å². The van der Waals surface area contributed by atoms with Crippen molar-refractivity contribution < 1.29 is 13.6 Å². The van der Waals surface area contributed by atoms with Gasteiger partial charge in [0.05, 0.1) is 5.69 Å². The second kappa shape index (κ2) is 6.16. The van der Waals surface area contributed by atoms with Crippen LogP contribution in [0, 0.1) is 25.5 Å². The predicted octanol–water partition coefficient (Wildman–Crippen LogP) is 3.06. The molecule has 1 aromatic carbocycles. The molecule has 112 valence electrons. The van der Waals surface area contributed by atoms with Crippen LogP contribution in [0.1, 0.15) is 28.9 Å². The highest BCUT2D eigenvalue weighted by atomic mass is 19.2. The number of aryl methyl sites for hydroxylation is 2. The van der Waals surface area contributed by atoms with Crippen molar-refractivity contribution in [2.75, 3.05) is 0 Å². The van der Waals surface area contributed by atoms with Gasteiger partial charge in [0.1, 0.15) is 5.78 Å². The number of hydrogen-bond donors (Lipinski definition) is 0. The Morgan fingerprint density at radius 3 is 2.62 bits per heavy atom. The fourth-order valence-corrected chi connectivity index (χ4v) is 2.43. The number of rotatable bonds is 5. The quantitative estimate of drug-likeness (QED) is 0.849. The third-order valence-electron chi connectivity index (χ3n) is 3.73. The van der Waals surface area contributed by atoms with E-state index < -0.39 is 11.6 Å². The van der Waals surface area contributed by atoms with E-state index in [1.165, 1.54) is 12.1 Å². The van der Waals surface area contributed by atoms with Gasteiger partial charge in [-0.05, 0) is 37.5 Å². The first kappa shape index (κ1) is 15.4. The van der Waals surface area contributed by atoms with Crippen molar-refractivity contribution in [1.29, 1.82) is 0 Å². The highest BCUT2D eigenvalue weighted by Crippen LogP contribution is 2.16. The largest absolute Gasteiger partial charge is 0.299 e. The third-order valence-corrected chi connectivity index (χ3v) is 3.73. The summed E-state index contributed by atoms with van der Waals surface area (Å²) in [7, 11) is 1.86. The van der Waals surface area contributed by atoms with E-state index in [9.17, 15) is 13.6 Å². The Morgan fingerprint density at radius 2 is 2.00 bits per heavy atom. The fraction of sp³-hybridized carbons (Fsp3) is 0.375. The molecule has 0 aliphatic heterocycles. The summed E-state index contributed by atoms with van der Waals surface area (Å²) in [5.41, 5.74) is 3.09. The van der Waals surface area contributed by atoms with Crippen LogP contribution in [0.4, 0.5) is 8.78 Å². The number of aromatic nitrogens is 2. The summed E-state index contributed by atoms with van der Waals surface area (Å²) in [5.74, 6) is -1.96. The molecule has 0 fully saturated rings. The molecule has 0 radical (unpaired) electrons. The molecule has 0 saturated carbocycles. The van der Waals surface area contributed by atoms with Gasteiger partial charge in [-0.1, -0.05) is 12.1 Å². The first-order valence-electron chi connectivity index (χ1n) is 6.83. The molecule has 0 spiro atoms. The molecule has 0 aliphatic rings. The number of Topliss-reactive ketones (excluding diaryl/α,β-unsaturated/α-hetero) is 1. The molecule has 2 aromatic rings. The van der Waals surface area contributed by atoms with E-state index >= 15 is 0 Å². The van der Waals surface area contributed by atoms with Crippen LogP contribution in [0.2, 0.25) is 0 Å². The summed E-state index contributed by atoms with van der Waals surface area (Å²) in [5, 5.41) is 4.29. The van der Waals surface area contributed by atoms with Crippen LogP contribution in [0.3, 0.4) is 0 Å². The van der Waals surface area contributed by atoms with Crippen molar-refractivity contribution in [2.24, 2.45) is 7.05 Å². The van der Waals surface area contributed by atoms with Crippen LogP contribution in [0.5, 0.6) is 0 Å². The molecule has 1 aromatic heterocycles. The van der Waals surface area contributed by atoms with Crippen molar-refractivity contribution in [1.82, 2.24) is 9.78 Å². The normalized spacial score (nSPS) is 10.9. The van der Waals surface area contributed by atoms with E-state index in [0.717, 1.165) is 23.0 Å². The highest BCUT2D eigenvalue weighted by Gasteiger charge is 2.14. The maximum atomic E-state index is 13.5. The molecule has 3 nitrogen and oxygen atoms in total. The molecule has 0 unspecified atom stereocenters. The van der Waals surface area contributed by atoms with Gasteiger partial charge in [-0.2, -0.15) is 5.10 Å². The van der Waals surface area contributed by atoms with E-state index in [1.54, 1.807) is 4.68 Å². The van der Waals surface area contributed by atoms with Crippen molar-refractivity contribution in [3.05, 3.63) is 52.3 Å². The Hall–Kier alpha value is -2.04. The lowest BCUT2D eigenvalue weighted by Gasteiger charge is -2.04. The number of halogens is 2. The number of benzene rings is 1. The lowest BCUT2D eigenvalue weighted by Crippen LogP contribution is -2.07. The number of nitrogens with zero attached hydrogens (tertiary/aromatic N) is 2. The molecule has 0 aliphatic carbocycles. The summed E-state index contributed by atoms with van der Waals surface area (Å²) in [6, 6.07) is 3.90. The van der Waals surface area contributed by atoms with Gasteiger partial charge in [-0.3, -0.25) is 9.48 Å². The van der Waals surface area contributed by atoms with Gasteiger partial charge in [0.2, 0.25) is 0 Å². The molecule has 2 rings (SSSR count). The summed E-state index contributed by atoms with van der Waals surface area (Å²) in [4.78, 5) is 12.0. The minimum Gasteiger partial charge on any atom is -0.299 e. The van der Waals surface area contributed by atoms with Crippen molar-refractivity contribution in [3.8, 4) is 0 Å². The zero-order chi connectivity index (χ0) is 15.6. The molecule has 0 saturated heterocycles. The Balaban J connectivity index is 2.01. The molecule has 0 bridgehead atoms. The Kier molecular flexibility index (Phi) is 4.50. The topological polar surface area (TPSA) is 34.9 Å². The van der Waals surface area contributed by atoms with Crippen LogP contribution >= 0.6 is 0 Å². The van der Waals surface area contributed by atoms with Gasteiger partial charge in [0.15, 0.2) is 11.6 Å². The molecular formula is C16H18F2N2O. The van der Waals surface area contributed by atoms with Crippen molar-refractivity contribution >= 4 is 5.78 Å². The molecular weight excluding hydrogens is 274 g/mol. The summed E-state index contributed by atoms with van der Waals surface area (Å²) < 4.78 is 28.4. The van der Waals surface area contributed by atoms with Gasteiger partial charge < -0.3 is 0 Å². The number of ketones is 1. The standard InChI is InChI=1S/C16H18F2N2O/c1-10-14(11(2)20(3)19-10)8-7-13(21)9-12-5-4-6-15(17)16(12)18/h4-6H,7-9H2,1-3H3. The van der Waals surface area contributed by atoms with Crippen molar-refractivity contribution in [3.63, 3.8) is 0 Å². The third kappa shape index (κ3) is 3.35. The molecule has 21 heavy (non-hydrogen) atoms. The van der Waals surface area contributed by atoms with E-state index in [0.29, 0.717) is 12.8 Å². The summed E-state index contributed by atoms with van der Waals surface area (Å²) in [6.07, 6.45) is 0.784. The predicted molar refractivity (Wildman–Crippen MR) is 76.1 cm³/mol. The Bertz CT molecular complexity index is 677. The van der Waals surface area contributed by atoms with Gasteiger partial charge in [0.25, 0.3) is 0 Å². The van der Waals surface area contributed by atoms with E-state index in [1.807, 2.05) is 20.9 Å². The van der Waals surface area contributed by atoms with Crippen molar-refractivity contribution in [2.45, 2.75) is 33.1 Å². The molecule has 0 atom stereocenters. The minimum atomic E-state index is -0.931. The first-order valence-corrected chi connectivity index (χ1v) is 6.83. The smallest absolute Gasteiger partial charge is 0.162 e. The lowest BCUT2D eigenvalue weighted by molar-refractivity contribution is -0.118. The molecule has 1 heterocycles. The summed E-state index contributed by atoms with van der Waals surface area (Å²) >= 11 is 0. The van der Waals surface area contributed by atoms with Gasteiger partial charge in [-0.15, -0.1) is 0 Å². The van der Waals surface area contributed by atoms with Crippen LogP contribution < -0.4 is 0 Å². The fourth-order valence-electron chi connectivity index (χ4n) is 2.43. The van der Waals surface area contributed by atoms with E-state index in [4.69, 9.17) is 0 Å².